The normalized spacial score (nSPS) is 53.3. The van der Waals surface area contributed by atoms with Gasteiger partial charge in [-0.1, -0.05) is 57.8 Å². The van der Waals surface area contributed by atoms with E-state index in [1.54, 1.807) is 38.5 Å². The minimum absolute atomic E-state index is 0.525. The second-order valence-corrected chi connectivity index (χ2v) is 19.8. The van der Waals surface area contributed by atoms with Gasteiger partial charge in [-0.15, -0.1) is 0 Å². The van der Waals surface area contributed by atoms with Crippen LogP contribution in [-0.2, 0) is 9.47 Å². The SMILES string of the molecule is C1CCC(N(C2CCC(C3CCCC4C5CCC6OC7CCCCC7C6C5OC34)CC2)C2CCC3CCC4CCCCC4C3C2)CC1. The van der Waals surface area contributed by atoms with Gasteiger partial charge in [0, 0.05) is 24.0 Å². The maximum Gasteiger partial charge on any atom is 0.0667 e. The minimum Gasteiger partial charge on any atom is -0.374 e. The van der Waals surface area contributed by atoms with E-state index in [1.807, 2.05) is 0 Å². The van der Waals surface area contributed by atoms with Crippen molar-refractivity contribution in [3.05, 3.63) is 0 Å². The predicted molar refractivity (Wildman–Crippen MR) is 190 cm³/mol. The van der Waals surface area contributed by atoms with Gasteiger partial charge in [0.05, 0.1) is 24.4 Å². The molecule has 0 spiro atoms. The van der Waals surface area contributed by atoms with E-state index in [9.17, 15) is 0 Å². The van der Waals surface area contributed by atoms with Gasteiger partial charge in [0.2, 0.25) is 0 Å². The highest BCUT2D eigenvalue weighted by Gasteiger charge is 2.60. The third-order valence-corrected chi connectivity index (χ3v) is 18.0. The fourth-order valence-corrected chi connectivity index (χ4v) is 16.2. The number of fused-ring (bicyclic) bond motifs is 10. The lowest BCUT2D eigenvalue weighted by molar-refractivity contribution is -0.0888. The van der Waals surface area contributed by atoms with E-state index in [0.717, 1.165) is 77.3 Å². The summed E-state index contributed by atoms with van der Waals surface area (Å²) in [7, 11) is 0. The van der Waals surface area contributed by atoms with Crippen molar-refractivity contribution >= 4 is 0 Å². The standard InChI is InChI=1S/C44H71NO2/c1-2-10-31(11-3-1)45(33-24-21-30-18-17-28-9-4-5-12-34(28)39(30)27-33)32-22-19-29(20-23-32)35-14-8-15-36-37-25-26-41-42(44(37)47-43(35)36)38-13-6-7-16-40(38)46-41/h28-44H,1-27H2. The molecule has 8 aliphatic carbocycles. The van der Waals surface area contributed by atoms with Crippen molar-refractivity contribution in [2.75, 3.05) is 0 Å². The molecular formula is C44H71NO2. The zero-order chi connectivity index (χ0) is 30.9. The summed E-state index contributed by atoms with van der Waals surface area (Å²) in [6.07, 6.45) is 42.5. The van der Waals surface area contributed by atoms with Gasteiger partial charge in [0.25, 0.3) is 0 Å². The Morgan fingerprint density at radius 3 is 1.77 bits per heavy atom. The molecule has 2 heterocycles. The molecule has 8 saturated carbocycles. The van der Waals surface area contributed by atoms with Crippen LogP contribution in [0.1, 0.15) is 173 Å². The second kappa shape index (κ2) is 13.5. The molecule has 10 rings (SSSR count). The first-order chi connectivity index (χ1) is 23.3. The van der Waals surface area contributed by atoms with Crippen LogP contribution in [0.4, 0.5) is 0 Å². The van der Waals surface area contributed by atoms with E-state index in [-0.39, 0.29) is 0 Å². The van der Waals surface area contributed by atoms with Crippen LogP contribution >= 0.6 is 0 Å². The number of hydrogen-bond acceptors (Lipinski definition) is 3. The number of rotatable bonds is 4. The first-order valence-corrected chi connectivity index (χ1v) is 22.4. The molecule has 0 aromatic rings. The lowest BCUT2D eigenvalue weighted by Gasteiger charge is -2.54. The van der Waals surface area contributed by atoms with Gasteiger partial charge in [-0.2, -0.15) is 0 Å². The van der Waals surface area contributed by atoms with Crippen molar-refractivity contribution in [2.45, 2.75) is 216 Å². The Hall–Kier alpha value is -0.120. The molecule has 14 atom stereocenters. The van der Waals surface area contributed by atoms with Crippen LogP contribution in [0.2, 0.25) is 0 Å². The van der Waals surface area contributed by atoms with E-state index in [2.05, 4.69) is 4.90 Å². The molecule has 0 aromatic carbocycles. The summed E-state index contributed by atoms with van der Waals surface area (Å²) in [5, 5.41) is 0. The Balaban J connectivity index is 0.828. The van der Waals surface area contributed by atoms with E-state index in [4.69, 9.17) is 9.47 Å². The molecule has 264 valence electrons. The van der Waals surface area contributed by atoms with Crippen molar-refractivity contribution in [1.82, 2.24) is 4.90 Å². The van der Waals surface area contributed by atoms with Crippen LogP contribution in [0.25, 0.3) is 0 Å². The molecule has 10 aliphatic rings. The molecule has 0 radical (unpaired) electrons. The molecule has 2 aliphatic heterocycles. The van der Waals surface area contributed by atoms with Crippen molar-refractivity contribution in [1.29, 1.82) is 0 Å². The summed E-state index contributed by atoms with van der Waals surface area (Å²) in [4.78, 5) is 3.31. The average Bonchev–Trinajstić information content (AvgIpc) is 3.71. The Morgan fingerprint density at radius 1 is 0.319 bits per heavy atom. The lowest BCUT2D eigenvalue weighted by atomic mass is 9.57. The quantitative estimate of drug-likeness (QED) is 0.304. The summed E-state index contributed by atoms with van der Waals surface area (Å²) in [6, 6.07) is 2.70. The molecule has 47 heavy (non-hydrogen) atoms. The Kier molecular flexibility index (Phi) is 9.05. The molecule has 0 bridgehead atoms. The third-order valence-electron chi connectivity index (χ3n) is 18.0. The Bertz CT molecular complexity index is 1060. The lowest BCUT2D eigenvalue weighted by Crippen LogP contribution is -2.55. The zero-order valence-corrected chi connectivity index (χ0v) is 30.2. The van der Waals surface area contributed by atoms with Gasteiger partial charge in [-0.05, 0) is 169 Å². The first kappa shape index (κ1) is 31.6. The van der Waals surface area contributed by atoms with Crippen LogP contribution < -0.4 is 0 Å². The van der Waals surface area contributed by atoms with Gasteiger partial charge >= 0.3 is 0 Å². The molecule has 3 nitrogen and oxygen atoms in total. The zero-order valence-electron chi connectivity index (χ0n) is 30.2. The maximum atomic E-state index is 7.47. The third kappa shape index (κ3) is 5.66. The van der Waals surface area contributed by atoms with Crippen LogP contribution in [0, 0.1) is 59.2 Å². The fourth-order valence-electron chi connectivity index (χ4n) is 16.2. The largest absolute Gasteiger partial charge is 0.374 e. The van der Waals surface area contributed by atoms with Gasteiger partial charge < -0.3 is 9.47 Å². The molecule has 0 N–H and O–H groups in total. The van der Waals surface area contributed by atoms with Gasteiger partial charge in [0.15, 0.2) is 0 Å². The number of ether oxygens (including phenoxy) is 2. The van der Waals surface area contributed by atoms with E-state index < -0.39 is 0 Å². The highest BCUT2D eigenvalue weighted by molar-refractivity contribution is 5.08. The minimum atomic E-state index is 0.525. The highest BCUT2D eigenvalue weighted by Crippen LogP contribution is 2.59. The second-order valence-electron chi connectivity index (χ2n) is 19.8. The molecular weight excluding hydrogens is 574 g/mol. The molecule has 10 fully saturated rings. The van der Waals surface area contributed by atoms with E-state index >= 15 is 0 Å². The fraction of sp³-hybridized carbons (Fsp3) is 1.00. The number of hydrogen-bond donors (Lipinski definition) is 0. The van der Waals surface area contributed by atoms with Crippen molar-refractivity contribution in [3.8, 4) is 0 Å². The maximum absolute atomic E-state index is 7.47. The van der Waals surface area contributed by atoms with E-state index in [1.165, 1.54) is 135 Å². The summed E-state index contributed by atoms with van der Waals surface area (Å²) < 4.78 is 14.2. The average molecular weight is 646 g/mol. The van der Waals surface area contributed by atoms with Crippen LogP contribution in [0.5, 0.6) is 0 Å². The molecule has 14 unspecified atom stereocenters. The summed E-state index contributed by atoms with van der Waals surface area (Å²) in [6.45, 7) is 0. The van der Waals surface area contributed by atoms with Crippen LogP contribution in [-0.4, -0.2) is 47.4 Å². The molecule has 3 heteroatoms. The van der Waals surface area contributed by atoms with E-state index in [0.29, 0.717) is 24.4 Å². The Labute approximate surface area is 288 Å². The predicted octanol–water partition coefficient (Wildman–Crippen LogP) is 10.7. The van der Waals surface area contributed by atoms with Crippen LogP contribution in [0.3, 0.4) is 0 Å². The van der Waals surface area contributed by atoms with Gasteiger partial charge in [0.1, 0.15) is 0 Å². The smallest absolute Gasteiger partial charge is 0.0667 e. The monoisotopic (exact) mass is 646 g/mol. The van der Waals surface area contributed by atoms with Crippen molar-refractivity contribution in [3.63, 3.8) is 0 Å². The van der Waals surface area contributed by atoms with Crippen molar-refractivity contribution in [2.24, 2.45) is 59.2 Å². The number of nitrogens with zero attached hydrogens (tertiary/aromatic N) is 1. The highest BCUT2D eigenvalue weighted by atomic mass is 16.5. The van der Waals surface area contributed by atoms with Gasteiger partial charge in [-0.3, -0.25) is 4.90 Å². The van der Waals surface area contributed by atoms with Crippen LogP contribution in [0.15, 0.2) is 0 Å². The summed E-state index contributed by atoms with van der Waals surface area (Å²) in [5.74, 6) is 9.40. The summed E-state index contributed by atoms with van der Waals surface area (Å²) in [5.41, 5.74) is 0. The molecule has 0 amide bonds. The molecule has 0 aromatic heterocycles. The topological polar surface area (TPSA) is 21.7 Å². The first-order valence-electron chi connectivity index (χ1n) is 22.4. The van der Waals surface area contributed by atoms with Crippen molar-refractivity contribution < 1.29 is 9.47 Å². The Morgan fingerprint density at radius 2 is 0.915 bits per heavy atom. The van der Waals surface area contributed by atoms with Gasteiger partial charge in [-0.25, -0.2) is 0 Å². The summed E-state index contributed by atoms with van der Waals surface area (Å²) >= 11 is 0. The molecule has 2 saturated heterocycles.